The molecule has 0 aliphatic carbocycles. The summed E-state index contributed by atoms with van der Waals surface area (Å²) in [4.78, 5) is 4.79. The fourth-order valence-electron chi connectivity index (χ4n) is 6.05. The van der Waals surface area contributed by atoms with Crippen molar-refractivity contribution in [3.05, 3.63) is 144 Å². The van der Waals surface area contributed by atoms with E-state index in [4.69, 9.17) is 4.74 Å². The van der Waals surface area contributed by atoms with Gasteiger partial charge >= 0.3 is 0 Å². The molecule has 1 aliphatic heterocycles. The molecule has 0 saturated carbocycles. The second kappa shape index (κ2) is 22.8. The number of hydrogen-bond acceptors (Lipinski definition) is 13. The third-order valence-electron chi connectivity index (χ3n) is 9.14. The van der Waals surface area contributed by atoms with Gasteiger partial charge in [-0.05, 0) is 89.4 Å². The van der Waals surface area contributed by atoms with Crippen LogP contribution in [0.2, 0.25) is 0 Å². The lowest BCUT2D eigenvalue weighted by Crippen LogP contribution is -2.36. The van der Waals surface area contributed by atoms with Crippen LogP contribution in [0.5, 0.6) is 34.5 Å². The van der Waals surface area contributed by atoms with Crippen LogP contribution < -0.4 is 20.9 Å². The fraction of sp³-hybridized carbons (Fsp3) is 0.217. The highest BCUT2D eigenvalue weighted by molar-refractivity contribution is 7.99. The van der Waals surface area contributed by atoms with Crippen molar-refractivity contribution < 1.29 is 35.4 Å². The minimum atomic E-state index is 0.0452. The summed E-state index contributed by atoms with van der Waals surface area (Å²) < 4.78 is 5.40. The van der Waals surface area contributed by atoms with Gasteiger partial charge in [-0.1, -0.05) is 55.5 Å². The van der Waals surface area contributed by atoms with Gasteiger partial charge in [-0.15, -0.1) is 23.5 Å². The van der Waals surface area contributed by atoms with Crippen molar-refractivity contribution in [2.75, 3.05) is 59.2 Å². The molecular formula is C46H52N4O7S2. The van der Waals surface area contributed by atoms with Crippen LogP contribution in [-0.4, -0.2) is 69.0 Å². The lowest BCUT2D eigenvalue weighted by Gasteiger charge is -2.30. The molecule has 1 heterocycles. The molecule has 0 spiro atoms. The van der Waals surface area contributed by atoms with Gasteiger partial charge in [-0.3, -0.25) is 0 Å². The Morgan fingerprint density at radius 2 is 1.03 bits per heavy atom. The number of nitrogens with zero attached hydrogens (tertiary/aromatic N) is 1. The van der Waals surface area contributed by atoms with Gasteiger partial charge in [-0.2, -0.15) is 0 Å². The Bertz CT molecular complexity index is 2220. The molecule has 59 heavy (non-hydrogen) atoms. The summed E-state index contributed by atoms with van der Waals surface area (Å²) in [5, 5.41) is 66.5. The zero-order chi connectivity index (χ0) is 42.0. The van der Waals surface area contributed by atoms with E-state index in [9.17, 15) is 30.6 Å². The third-order valence-corrected chi connectivity index (χ3v) is 10.9. The lowest BCUT2D eigenvalue weighted by molar-refractivity contribution is 0.122. The molecule has 0 bridgehead atoms. The highest BCUT2D eigenvalue weighted by Crippen LogP contribution is 2.31. The first-order chi connectivity index (χ1) is 28.6. The maximum atomic E-state index is 9.84. The zero-order valence-electron chi connectivity index (χ0n) is 33.1. The molecule has 7 rings (SSSR count). The molecule has 6 aromatic carbocycles. The Morgan fingerprint density at radius 1 is 0.559 bits per heavy atom. The first kappa shape index (κ1) is 44.1. The predicted molar refractivity (Wildman–Crippen MR) is 242 cm³/mol. The van der Waals surface area contributed by atoms with E-state index in [2.05, 4.69) is 76.3 Å². The number of morpholine rings is 1. The number of rotatable bonds is 13. The third kappa shape index (κ3) is 13.8. The first-order valence-corrected chi connectivity index (χ1v) is 21.4. The second-order valence-electron chi connectivity index (χ2n) is 13.3. The number of para-hydroxylation sites is 1. The van der Waals surface area contributed by atoms with E-state index in [1.54, 1.807) is 59.9 Å². The van der Waals surface area contributed by atoms with E-state index >= 15 is 0 Å². The molecule has 1 aliphatic rings. The van der Waals surface area contributed by atoms with Crippen molar-refractivity contribution >= 4 is 46.3 Å². The normalized spacial score (nSPS) is 12.0. The largest absolute Gasteiger partial charge is 0.508 e. The van der Waals surface area contributed by atoms with Gasteiger partial charge in [0.1, 0.15) is 34.5 Å². The van der Waals surface area contributed by atoms with Crippen molar-refractivity contribution in [1.29, 1.82) is 0 Å². The molecule has 0 aromatic heterocycles. The number of ether oxygens (including phenoxy) is 1. The summed E-state index contributed by atoms with van der Waals surface area (Å²) in [6, 6.07) is 38.3. The molecule has 11 nitrogen and oxygen atoms in total. The molecule has 1 fully saturated rings. The highest BCUT2D eigenvalue weighted by atomic mass is 32.2. The molecule has 9 N–H and O–H groups in total. The van der Waals surface area contributed by atoms with Gasteiger partial charge in [0.25, 0.3) is 0 Å². The number of aromatic hydroxyl groups is 6. The maximum Gasteiger partial charge on any atom is 0.142 e. The van der Waals surface area contributed by atoms with E-state index in [1.165, 1.54) is 39.2 Å². The SMILES string of the molecule is CCSc1ccccc1CNc1ccc(O)cc1O.CSc1ccc(CNc2ccc(O)cc2O)cc1.Oc1ccc(NCc2ccccc2N2CCOCC2)c(O)c1. The number of phenolic OH excluding ortho intramolecular Hbond substituents is 6. The summed E-state index contributed by atoms with van der Waals surface area (Å²) in [5.41, 5.74) is 6.53. The maximum absolute atomic E-state index is 9.84. The molecule has 0 radical (unpaired) electrons. The van der Waals surface area contributed by atoms with Gasteiger partial charge in [0.05, 0.1) is 30.3 Å². The Balaban J connectivity index is 0.000000169. The first-order valence-electron chi connectivity index (χ1n) is 19.1. The van der Waals surface area contributed by atoms with Crippen LogP contribution in [0.1, 0.15) is 23.6 Å². The summed E-state index contributed by atoms with van der Waals surface area (Å²) in [6.45, 7) is 7.28. The summed E-state index contributed by atoms with van der Waals surface area (Å²) >= 11 is 3.51. The van der Waals surface area contributed by atoms with Crippen LogP contribution in [0.25, 0.3) is 0 Å². The molecule has 1 saturated heterocycles. The van der Waals surface area contributed by atoms with E-state index in [-0.39, 0.29) is 34.5 Å². The van der Waals surface area contributed by atoms with Crippen molar-refractivity contribution in [3.63, 3.8) is 0 Å². The van der Waals surface area contributed by atoms with E-state index < -0.39 is 0 Å². The summed E-state index contributed by atoms with van der Waals surface area (Å²) in [6.07, 6.45) is 2.04. The summed E-state index contributed by atoms with van der Waals surface area (Å²) in [5.74, 6) is 1.35. The number of nitrogens with one attached hydrogen (secondary N) is 3. The molecule has 0 unspecified atom stereocenters. The van der Waals surface area contributed by atoms with Crippen LogP contribution >= 0.6 is 23.5 Å². The van der Waals surface area contributed by atoms with Gasteiger partial charge in [0.15, 0.2) is 0 Å². The van der Waals surface area contributed by atoms with Crippen molar-refractivity contribution in [2.24, 2.45) is 0 Å². The highest BCUT2D eigenvalue weighted by Gasteiger charge is 2.15. The van der Waals surface area contributed by atoms with E-state index in [0.717, 1.165) is 43.2 Å². The number of benzene rings is 6. The molecule has 13 heteroatoms. The quantitative estimate of drug-likeness (QED) is 0.0306. The Morgan fingerprint density at radius 3 is 1.54 bits per heavy atom. The molecule has 310 valence electrons. The standard InChI is InChI=1S/C17H20N2O3.C15H17NO2S.C14H15NO2S/c20-14-5-6-15(17(21)11-14)18-12-13-3-1-2-4-16(13)19-7-9-22-10-8-19;1-2-19-15-6-4-3-5-11(15)10-16-13-8-7-12(17)9-14(13)18;1-18-12-5-2-10(3-6-12)9-15-13-7-4-11(16)8-14(13)17/h1-6,11,18,20-21H,7-10,12H2;3-9,16-18H,2,10H2,1H3;2-8,15-17H,9H2,1H3. The van der Waals surface area contributed by atoms with Gasteiger partial charge < -0.3 is 56.2 Å². The van der Waals surface area contributed by atoms with Crippen LogP contribution in [0, 0.1) is 0 Å². The molecule has 0 atom stereocenters. The van der Waals surface area contributed by atoms with Crippen LogP contribution in [0.4, 0.5) is 22.7 Å². The van der Waals surface area contributed by atoms with Gasteiger partial charge in [-0.25, -0.2) is 0 Å². The Hall–Kier alpha value is -6.02. The van der Waals surface area contributed by atoms with E-state index in [0.29, 0.717) is 36.7 Å². The minimum absolute atomic E-state index is 0.0452. The number of hydrogen-bond donors (Lipinski definition) is 9. The smallest absolute Gasteiger partial charge is 0.142 e. The zero-order valence-corrected chi connectivity index (χ0v) is 34.8. The topological polar surface area (TPSA) is 170 Å². The lowest BCUT2D eigenvalue weighted by atomic mass is 10.1. The van der Waals surface area contributed by atoms with Gasteiger partial charge in [0, 0.05) is 66.4 Å². The van der Waals surface area contributed by atoms with Crippen LogP contribution in [0.3, 0.4) is 0 Å². The molecule has 6 aromatic rings. The number of phenols is 6. The monoisotopic (exact) mass is 836 g/mol. The second-order valence-corrected chi connectivity index (χ2v) is 15.5. The number of anilines is 4. The Kier molecular flexibility index (Phi) is 17.0. The average Bonchev–Trinajstić information content (AvgIpc) is 3.24. The van der Waals surface area contributed by atoms with Crippen LogP contribution in [0.15, 0.2) is 137 Å². The van der Waals surface area contributed by atoms with Crippen LogP contribution in [-0.2, 0) is 24.4 Å². The van der Waals surface area contributed by atoms with Crippen molar-refractivity contribution in [3.8, 4) is 34.5 Å². The van der Waals surface area contributed by atoms with Crippen molar-refractivity contribution in [1.82, 2.24) is 0 Å². The summed E-state index contributed by atoms with van der Waals surface area (Å²) in [7, 11) is 0. The average molecular weight is 837 g/mol. The predicted octanol–water partition coefficient (Wildman–Crippen LogP) is 9.80. The Labute approximate surface area is 354 Å². The van der Waals surface area contributed by atoms with E-state index in [1.807, 2.05) is 30.5 Å². The molecule has 0 amide bonds. The fourth-order valence-corrected chi connectivity index (χ4v) is 7.27. The minimum Gasteiger partial charge on any atom is -0.508 e. The van der Waals surface area contributed by atoms with Gasteiger partial charge in [0.2, 0.25) is 0 Å². The number of thioether (sulfide) groups is 2. The van der Waals surface area contributed by atoms with Crippen molar-refractivity contribution in [2.45, 2.75) is 36.3 Å². The molecular weight excluding hydrogens is 785 g/mol.